The number of hydrazone groups is 1. The van der Waals surface area contributed by atoms with Crippen LogP contribution in [0.2, 0.25) is 0 Å². The summed E-state index contributed by atoms with van der Waals surface area (Å²) in [6, 6.07) is 17.7. The van der Waals surface area contributed by atoms with E-state index in [-0.39, 0.29) is 12.5 Å². The van der Waals surface area contributed by atoms with Gasteiger partial charge in [0.25, 0.3) is 5.91 Å². The van der Waals surface area contributed by atoms with Crippen LogP contribution in [0.25, 0.3) is 0 Å². The molecule has 4 nitrogen and oxygen atoms in total. The van der Waals surface area contributed by atoms with E-state index in [0.717, 1.165) is 35.4 Å². The van der Waals surface area contributed by atoms with Gasteiger partial charge in [-0.1, -0.05) is 69.3 Å². The van der Waals surface area contributed by atoms with Gasteiger partial charge in [0.05, 0.1) is 5.71 Å². The van der Waals surface area contributed by atoms with Crippen molar-refractivity contribution in [3.05, 3.63) is 65.7 Å². The molecular formula is C21H26N2O2. The molecule has 0 heterocycles. The highest BCUT2D eigenvalue weighted by atomic mass is 16.5. The molecule has 2 aromatic carbocycles. The molecule has 0 aliphatic carbocycles. The summed E-state index contributed by atoms with van der Waals surface area (Å²) in [6.45, 7) is 6.25. The lowest BCUT2D eigenvalue weighted by Crippen LogP contribution is -2.26. The standard InChI is InChI=1S/C21H26N2O2/c1-4-16(3)18-13-9-10-14-20(18)25-15-21(24)23-22-19(5-2)17-11-7-6-8-12-17/h6-14,16H,4-5,15H2,1-3H3,(H,23,24)/b22-19-. The van der Waals surface area contributed by atoms with Gasteiger partial charge in [-0.3, -0.25) is 4.79 Å². The molecule has 132 valence electrons. The van der Waals surface area contributed by atoms with E-state index in [1.54, 1.807) is 0 Å². The van der Waals surface area contributed by atoms with Gasteiger partial charge in [0.15, 0.2) is 6.61 Å². The second kappa shape index (κ2) is 9.62. The number of benzene rings is 2. The van der Waals surface area contributed by atoms with Crippen LogP contribution in [0.1, 0.15) is 50.7 Å². The van der Waals surface area contributed by atoms with Gasteiger partial charge in [0, 0.05) is 0 Å². The monoisotopic (exact) mass is 338 g/mol. The molecule has 25 heavy (non-hydrogen) atoms. The first-order chi connectivity index (χ1) is 12.2. The molecule has 0 radical (unpaired) electrons. The molecular weight excluding hydrogens is 312 g/mol. The minimum atomic E-state index is -0.263. The first kappa shape index (κ1) is 18.7. The fourth-order valence-corrected chi connectivity index (χ4v) is 2.52. The molecule has 0 fully saturated rings. The molecule has 1 unspecified atom stereocenters. The molecule has 0 aliphatic rings. The van der Waals surface area contributed by atoms with E-state index in [4.69, 9.17) is 4.74 Å². The Morgan fingerprint density at radius 1 is 1.08 bits per heavy atom. The highest BCUT2D eigenvalue weighted by Crippen LogP contribution is 2.28. The Balaban J connectivity index is 1.96. The summed E-state index contributed by atoms with van der Waals surface area (Å²) < 4.78 is 5.71. The average molecular weight is 338 g/mol. The number of amides is 1. The second-order valence-corrected chi connectivity index (χ2v) is 5.95. The Morgan fingerprint density at radius 3 is 2.44 bits per heavy atom. The van der Waals surface area contributed by atoms with Crippen molar-refractivity contribution in [1.29, 1.82) is 0 Å². The van der Waals surface area contributed by atoms with E-state index in [9.17, 15) is 4.79 Å². The third kappa shape index (κ3) is 5.45. The number of para-hydroxylation sites is 1. The van der Waals surface area contributed by atoms with E-state index in [1.807, 2.05) is 61.5 Å². The molecule has 1 amide bonds. The van der Waals surface area contributed by atoms with Gasteiger partial charge >= 0.3 is 0 Å². The Morgan fingerprint density at radius 2 is 1.76 bits per heavy atom. The Kier molecular flexibility index (Phi) is 7.20. The van der Waals surface area contributed by atoms with Crippen molar-refractivity contribution >= 4 is 11.6 Å². The molecule has 0 spiro atoms. The van der Waals surface area contributed by atoms with Crippen molar-refractivity contribution in [1.82, 2.24) is 5.43 Å². The van der Waals surface area contributed by atoms with Gasteiger partial charge in [0.2, 0.25) is 0 Å². The first-order valence-electron chi connectivity index (χ1n) is 8.78. The maximum Gasteiger partial charge on any atom is 0.277 e. The molecule has 1 atom stereocenters. The number of hydrogen-bond donors (Lipinski definition) is 1. The van der Waals surface area contributed by atoms with Crippen LogP contribution in [0.5, 0.6) is 5.75 Å². The van der Waals surface area contributed by atoms with Gasteiger partial charge in [-0.25, -0.2) is 5.43 Å². The maximum absolute atomic E-state index is 12.1. The Bertz CT molecular complexity index is 711. The summed E-state index contributed by atoms with van der Waals surface area (Å²) >= 11 is 0. The van der Waals surface area contributed by atoms with Crippen LogP contribution in [0.4, 0.5) is 0 Å². The van der Waals surface area contributed by atoms with Crippen molar-refractivity contribution in [2.75, 3.05) is 6.61 Å². The molecule has 2 aromatic rings. The topological polar surface area (TPSA) is 50.7 Å². The van der Waals surface area contributed by atoms with Crippen molar-refractivity contribution in [3.8, 4) is 5.75 Å². The predicted molar refractivity (Wildman–Crippen MR) is 102 cm³/mol. The largest absolute Gasteiger partial charge is 0.483 e. The van der Waals surface area contributed by atoms with Crippen molar-refractivity contribution in [3.63, 3.8) is 0 Å². The summed E-state index contributed by atoms with van der Waals surface area (Å²) in [5.74, 6) is 0.887. The number of carbonyl (C=O) groups is 1. The number of rotatable bonds is 8. The van der Waals surface area contributed by atoms with Crippen LogP contribution in [0, 0.1) is 0 Å². The minimum absolute atomic E-state index is 0.0528. The highest BCUT2D eigenvalue weighted by Gasteiger charge is 2.11. The van der Waals surface area contributed by atoms with Crippen LogP contribution in [-0.4, -0.2) is 18.2 Å². The SMILES string of the molecule is CC/C(=N/NC(=O)COc1ccccc1C(C)CC)c1ccccc1. The zero-order valence-corrected chi connectivity index (χ0v) is 15.2. The highest BCUT2D eigenvalue weighted by molar-refractivity contribution is 6.00. The molecule has 0 aromatic heterocycles. The van der Waals surface area contributed by atoms with Crippen LogP contribution >= 0.6 is 0 Å². The summed E-state index contributed by atoms with van der Waals surface area (Å²) in [7, 11) is 0. The second-order valence-electron chi connectivity index (χ2n) is 5.95. The van der Waals surface area contributed by atoms with Crippen LogP contribution < -0.4 is 10.2 Å². The van der Waals surface area contributed by atoms with Crippen LogP contribution in [0.15, 0.2) is 59.7 Å². The fraction of sp³-hybridized carbons (Fsp3) is 0.333. The van der Waals surface area contributed by atoms with E-state index >= 15 is 0 Å². The van der Waals surface area contributed by atoms with Gasteiger partial charge in [0.1, 0.15) is 5.75 Å². The summed E-state index contributed by atoms with van der Waals surface area (Å²) in [4.78, 5) is 12.1. The third-order valence-corrected chi connectivity index (χ3v) is 4.18. The molecule has 1 N–H and O–H groups in total. The minimum Gasteiger partial charge on any atom is -0.483 e. The predicted octanol–water partition coefficient (Wildman–Crippen LogP) is 4.51. The lowest BCUT2D eigenvalue weighted by atomic mass is 9.98. The van der Waals surface area contributed by atoms with E-state index < -0.39 is 0 Å². The van der Waals surface area contributed by atoms with E-state index in [0.29, 0.717) is 5.92 Å². The molecule has 2 rings (SSSR count). The fourth-order valence-electron chi connectivity index (χ4n) is 2.52. The Hall–Kier alpha value is -2.62. The van der Waals surface area contributed by atoms with Gasteiger partial charge in [-0.2, -0.15) is 5.10 Å². The Labute approximate surface area is 149 Å². The first-order valence-corrected chi connectivity index (χ1v) is 8.78. The van der Waals surface area contributed by atoms with E-state index in [1.165, 1.54) is 0 Å². The normalized spacial score (nSPS) is 12.5. The number of ether oxygens (including phenoxy) is 1. The molecule has 0 saturated heterocycles. The number of nitrogens with zero attached hydrogens (tertiary/aromatic N) is 1. The summed E-state index contributed by atoms with van der Waals surface area (Å²) in [6.07, 6.45) is 1.76. The smallest absolute Gasteiger partial charge is 0.277 e. The quantitative estimate of drug-likeness (QED) is 0.569. The number of nitrogens with one attached hydrogen (secondary N) is 1. The molecule has 0 bridgehead atoms. The van der Waals surface area contributed by atoms with Crippen molar-refractivity contribution in [2.45, 2.75) is 39.5 Å². The van der Waals surface area contributed by atoms with Crippen molar-refractivity contribution < 1.29 is 9.53 Å². The summed E-state index contributed by atoms with van der Waals surface area (Å²) in [5.41, 5.74) is 5.56. The number of carbonyl (C=O) groups excluding carboxylic acids is 1. The lowest BCUT2D eigenvalue weighted by molar-refractivity contribution is -0.123. The van der Waals surface area contributed by atoms with Crippen LogP contribution in [-0.2, 0) is 4.79 Å². The lowest BCUT2D eigenvalue weighted by Gasteiger charge is -2.15. The third-order valence-electron chi connectivity index (χ3n) is 4.18. The average Bonchev–Trinajstić information content (AvgIpc) is 2.67. The molecule has 0 saturated carbocycles. The maximum atomic E-state index is 12.1. The van der Waals surface area contributed by atoms with E-state index in [2.05, 4.69) is 24.4 Å². The molecule has 4 heteroatoms. The van der Waals surface area contributed by atoms with Gasteiger partial charge in [-0.15, -0.1) is 0 Å². The van der Waals surface area contributed by atoms with Gasteiger partial charge in [-0.05, 0) is 36.0 Å². The summed E-state index contributed by atoms with van der Waals surface area (Å²) in [5, 5.41) is 4.24. The van der Waals surface area contributed by atoms with Crippen LogP contribution in [0.3, 0.4) is 0 Å². The van der Waals surface area contributed by atoms with Gasteiger partial charge < -0.3 is 4.74 Å². The number of hydrogen-bond acceptors (Lipinski definition) is 3. The van der Waals surface area contributed by atoms with Crippen molar-refractivity contribution in [2.24, 2.45) is 5.10 Å². The zero-order chi connectivity index (χ0) is 18.1. The zero-order valence-electron chi connectivity index (χ0n) is 15.2. The molecule has 0 aliphatic heterocycles.